The molecule has 1 fully saturated rings. The van der Waals surface area contributed by atoms with Gasteiger partial charge in [0.05, 0.1) is 16.1 Å². The van der Waals surface area contributed by atoms with Gasteiger partial charge in [-0.15, -0.1) is 0 Å². The largest absolute Gasteiger partial charge is 0.329 e. The standard InChI is InChI=1S/C13H15ClN2S/c14-10-5-2-6-11-12(10)15-13(17)16(11)8-7-9-3-1-4-9/h2,5-6,9H,1,3-4,7-8H2,(H,15,17). The first kappa shape index (κ1) is 11.3. The molecule has 0 radical (unpaired) electrons. The Balaban J connectivity index is 1.94. The summed E-state index contributed by atoms with van der Waals surface area (Å²) >= 11 is 11.5. The summed E-state index contributed by atoms with van der Waals surface area (Å²) in [6.07, 6.45) is 5.40. The number of para-hydroxylation sites is 1. The number of aromatic nitrogens is 2. The Bertz CT molecular complexity index is 595. The van der Waals surface area contributed by atoms with E-state index in [0.717, 1.165) is 33.3 Å². The van der Waals surface area contributed by atoms with Crippen LogP contribution < -0.4 is 0 Å². The monoisotopic (exact) mass is 266 g/mol. The van der Waals surface area contributed by atoms with Crippen LogP contribution in [0.2, 0.25) is 5.02 Å². The number of fused-ring (bicyclic) bond motifs is 1. The van der Waals surface area contributed by atoms with Crippen LogP contribution in [0.4, 0.5) is 0 Å². The number of hydrogen-bond donors (Lipinski definition) is 1. The Hall–Kier alpha value is -0.800. The second-order valence-corrected chi connectivity index (χ2v) is 5.60. The van der Waals surface area contributed by atoms with Gasteiger partial charge in [0.1, 0.15) is 0 Å². The summed E-state index contributed by atoms with van der Waals surface area (Å²) in [5.74, 6) is 0.904. The topological polar surface area (TPSA) is 20.7 Å². The smallest absolute Gasteiger partial charge is 0.178 e. The van der Waals surface area contributed by atoms with Crippen molar-refractivity contribution in [2.45, 2.75) is 32.2 Å². The van der Waals surface area contributed by atoms with Gasteiger partial charge in [0.25, 0.3) is 0 Å². The lowest BCUT2D eigenvalue weighted by molar-refractivity contribution is 0.283. The van der Waals surface area contributed by atoms with Gasteiger partial charge in [-0.2, -0.15) is 0 Å². The number of nitrogens with zero attached hydrogens (tertiary/aromatic N) is 1. The summed E-state index contributed by atoms with van der Waals surface area (Å²) < 4.78 is 2.96. The third-order valence-electron chi connectivity index (χ3n) is 3.75. The van der Waals surface area contributed by atoms with Gasteiger partial charge in [-0.1, -0.05) is 36.9 Å². The lowest BCUT2D eigenvalue weighted by Gasteiger charge is -2.25. The molecule has 3 rings (SSSR count). The highest BCUT2D eigenvalue weighted by molar-refractivity contribution is 7.71. The first-order valence-corrected chi connectivity index (χ1v) is 6.91. The van der Waals surface area contributed by atoms with Gasteiger partial charge < -0.3 is 9.55 Å². The van der Waals surface area contributed by atoms with E-state index in [1.807, 2.05) is 12.1 Å². The summed E-state index contributed by atoms with van der Waals surface area (Å²) in [7, 11) is 0. The summed E-state index contributed by atoms with van der Waals surface area (Å²) in [6.45, 7) is 1.00. The number of H-pyrrole nitrogens is 1. The maximum Gasteiger partial charge on any atom is 0.178 e. The van der Waals surface area contributed by atoms with Gasteiger partial charge in [-0.25, -0.2) is 0 Å². The van der Waals surface area contributed by atoms with E-state index in [0.29, 0.717) is 0 Å². The molecule has 90 valence electrons. The van der Waals surface area contributed by atoms with Gasteiger partial charge in [0, 0.05) is 6.54 Å². The molecule has 0 saturated heterocycles. The molecule has 0 bridgehead atoms. The van der Waals surface area contributed by atoms with Crippen LogP contribution in [0.3, 0.4) is 0 Å². The molecule has 0 aliphatic heterocycles. The maximum absolute atomic E-state index is 6.15. The fourth-order valence-corrected chi connectivity index (χ4v) is 2.97. The number of rotatable bonds is 3. The van der Waals surface area contributed by atoms with Gasteiger partial charge >= 0.3 is 0 Å². The number of nitrogens with one attached hydrogen (secondary N) is 1. The van der Waals surface area contributed by atoms with Crippen LogP contribution in [-0.4, -0.2) is 9.55 Å². The quantitative estimate of drug-likeness (QED) is 0.809. The Kier molecular flexibility index (Phi) is 2.97. The molecular weight excluding hydrogens is 252 g/mol. The van der Waals surface area contributed by atoms with Crippen LogP contribution >= 0.6 is 23.8 Å². The van der Waals surface area contributed by atoms with Crippen molar-refractivity contribution >= 4 is 34.9 Å². The fraction of sp³-hybridized carbons (Fsp3) is 0.462. The molecule has 1 aromatic carbocycles. The molecule has 0 atom stereocenters. The van der Waals surface area contributed by atoms with E-state index in [2.05, 4.69) is 15.6 Å². The highest BCUT2D eigenvalue weighted by Gasteiger charge is 2.17. The van der Waals surface area contributed by atoms with Crippen molar-refractivity contribution < 1.29 is 0 Å². The maximum atomic E-state index is 6.15. The van der Waals surface area contributed by atoms with Crippen LogP contribution in [0.25, 0.3) is 11.0 Å². The molecule has 2 aromatic rings. The third-order valence-corrected chi connectivity index (χ3v) is 4.38. The predicted molar refractivity (Wildman–Crippen MR) is 74.1 cm³/mol. The third kappa shape index (κ3) is 2.02. The van der Waals surface area contributed by atoms with Crippen LogP contribution in [0.5, 0.6) is 0 Å². The van der Waals surface area contributed by atoms with E-state index in [-0.39, 0.29) is 0 Å². The normalized spacial score (nSPS) is 16.3. The minimum atomic E-state index is 0.746. The Labute approximate surface area is 111 Å². The number of hydrogen-bond acceptors (Lipinski definition) is 1. The minimum absolute atomic E-state index is 0.746. The molecule has 1 heterocycles. The number of benzene rings is 1. The molecule has 1 aliphatic carbocycles. The molecule has 1 aliphatic rings. The van der Waals surface area contributed by atoms with Crippen molar-refractivity contribution in [3.8, 4) is 0 Å². The van der Waals surface area contributed by atoms with Crippen molar-refractivity contribution in [2.75, 3.05) is 0 Å². The second kappa shape index (κ2) is 4.46. The lowest BCUT2D eigenvalue weighted by Crippen LogP contribution is -2.13. The van der Waals surface area contributed by atoms with E-state index in [9.17, 15) is 0 Å². The average molecular weight is 267 g/mol. The van der Waals surface area contributed by atoms with Crippen LogP contribution in [0.1, 0.15) is 25.7 Å². The zero-order valence-corrected chi connectivity index (χ0v) is 11.2. The zero-order chi connectivity index (χ0) is 11.8. The van der Waals surface area contributed by atoms with Gasteiger partial charge in [-0.05, 0) is 36.7 Å². The van der Waals surface area contributed by atoms with E-state index in [1.54, 1.807) is 0 Å². The van der Waals surface area contributed by atoms with Crippen molar-refractivity contribution in [2.24, 2.45) is 5.92 Å². The van der Waals surface area contributed by atoms with Crippen molar-refractivity contribution in [3.63, 3.8) is 0 Å². The Morgan fingerprint density at radius 1 is 1.41 bits per heavy atom. The molecule has 1 N–H and O–H groups in total. The zero-order valence-electron chi connectivity index (χ0n) is 9.58. The summed E-state index contributed by atoms with van der Waals surface area (Å²) in [4.78, 5) is 3.20. The molecule has 0 amide bonds. The molecule has 17 heavy (non-hydrogen) atoms. The molecular formula is C13H15ClN2S. The molecule has 2 nitrogen and oxygen atoms in total. The molecule has 1 aromatic heterocycles. The van der Waals surface area contributed by atoms with Gasteiger partial charge in [0.15, 0.2) is 4.77 Å². The predicted octanol–water partition coefficient (Wildman–Crippen LogP) is 4.54. The van der Waals surface area contributed by atoms with Crippen LogP contribution in [0.15, 0.2) is 18.2 Å². The van der Waals surface area contributed by atoms with E-state index in [1.165, 1.54) is 25.7 Å². The molecule has 0 spiro atoms. The van der Waals surface area contributed by atoms with E-state index < -0.39 is 0 Å². The lowest BCUT2D eigenvalue weighted by atomic mass is 9.83. The Morgan fingerprint density at radius 3 is 2.94 bits per heavy atom. The first-order chi connectivity index (χ1) is 8.25. The SMILES string of the molecule is S=c1[nH]c2c(Cl)cccc2n1CCC1CCC1. The highest BCUT2D eigenvalue weighted by Crippen LogP contribution is 2.30. The number of aryl methyl sites for hydroxylation is 1. The van der Waals surface area contributed by atoms with Crippen molar-refractivity contribution in [1.82, 2.24) is 9.55 Å². The molecule has 4 heteroatoms. The summed E-state index contributed by atoms with van der Waals surface area (Å²) in [5.41, 5.74) is 2.09. The van der Waals surface area contributed by atoms with Crippen LogP contribution in [-0.2, 0) is 6.54 Å². The minimum Gasteiger partial charge on any atom is -0.329 e. The fourth-order valence-electron chi connectivity index (χ4n) is 2.46. The van der Waals surface area contributed by atoms with E-state index >= 15 is 0 Å². The van der Waals surface area contributed by atoms with Crippen LogP contribution in [0, 0.1) is 10.7 Å². The van der Waals surface area contributed by atoms with E-state index in [4.69, 9.17) is 23.8 Å². The molecule has 1 saturated carbocycles. The number of halogens is 1. The second-order valence-electron chi connectivity index (χ2n) is 4.80. The number of imidazole rings is 1. The molecule has 0 unspecified atom stereocenters. The van der Waals surface area contributed by atoms with Gasteiger partial charge in [-0.3, -0.25) is 0 Å². The summed E-state index contributed by atoms with van der Waals surface area (Å²) in [5, 5.41) is 0.746. The van der Waals surface area contributed by atoms with Crippen molar-refractivity contribution in [1.29, 1.82) is 0 Å². The van der Waals surface area contributed by atoms with Gasteiger partial charge in [0.2, 0.25) is 0 Å². The van der Waals surface area contributed by atoms with Crippen molar-refractivity contribution in [3.05, 3.63) is 28.0 Å². The average Bonchev–Trinajstić information content (AvgIpc) is 2.55. The number of aromatic amines is 1. The summed E-state index contributed by atoms with van der Waals surface area (Å²) in [6, 6.07) is 5.95. The highest BCUT2D eigenvalue weighted by atomic mass is 35.5. The Morgan fingerprint density at radius 2 is 2.24 bits per heavy atom. The first-order valence-electron chi connectivity index (χ1n) is 6.13.